The minimum atomic E-state index is 0.585. The number of nitrogens with zero attached hydrogens (tertiary/aromatic N) is 1. The van der Waals surface area contributed by atoms with Crippen molar-refractivity contribution in [1.29, 1.82) is 0 Å². The number of rotatable bonds is 1. The van der Waals surface area contributed by atoms with Gasteiger partial charge < -0.3 is 0 Å². The van der Waals surface area contributed by atoms with Crippen LogP contribution >= 0.6 is 20.2 Å². The molecule has 0 saturated carbocycles. The molecule has 0 amide bonds. The van der Waals surface area contributed by atoms with Crippen molar-refractivity contribution in [2.24, 2.45) is 0 Å². The zero-order valence-corrected chi connectivity index (χ0v) is 6.81. The van der Waals surface area contributed by atoms with Gasteiger partial charge in [0.05, 0.1) is 0 Å². The van der Waals surface area contributed by atoms with Crippen molar-refractivity contribution in [3.63, 3.8) is 0 Å². The molecule has 0 aliphatic carbocycles. The van der Waals surface area contributed by atoms with Crippen LogP contribution in [0.15, 0.2) is 18.3 Å². The number of aromatic nitrogens is 1. The summed E-state index contributed by atoms with van der Waals surface area (Å²) in [5, 5.41) is 1.84. The van der Waals surface area contributed by atoms with Crippen LogP contribution in [-0.4, -0.2) is 11.6 Å². The predicted molar refractivity (Wildman–Crippen MR) is 43.1 cm³/mol. The first-order valence-electron chi connectivity index (χ1n) is 2.62. The van der Waals surface area contributed by atoms with Gasteiger partial charge in [0.15, 0.2) is 0 Å². The average molecular weight is 160 g/mol. The third-order valence-electron chi connectivity index (χ3n) is 1.02. The molecule has 9 heavy (non-hydrogen) atoms. The van der Waals surface area contributed by atoms with Gasteiger partial charge in [0.25, 0.3) is 0 Å². The number of hydrogen-bond acceptors (Lipinski definition) is 1. The van der Waals surface area contributed by atoms with Crippen LogP contribution in [-0.2, 0) is 0 Å². The second-order valence-corrected chi connectivity index (χ2v) is 3.08. The maximum atomic E-state index is 5.62. The summed E-state index contributed by atoms with van der Waals surface area (Å²) in [5.74, 6) is 0. The summed E-state index contributed by atoms with van der Waals surface area (Å²) >= 11 is 5.62. The fourth-order valence-electron chi connectivity index (χ4n) is 0.558. The van der Waals surface area contributed by atoms with Gasteiger partial charge in [-0.25, -0.2) is 4.98 Å². The van der Waals surface area contributed by atoms with Crippen LogP contribution in [0, 0.1) is 0 Å². The Labute approximate surface area is 61.2 Å². The van der Waals surface area contributed by atoms with Crippen LogP contribution in [0.3, 0.4) is 0 Å². The average Bonchev–Trinajstić information content (AvgIpc) is 1.88. The first-order valence-corrected chi connectivity index (χ1v) is 4.50. The lowest BCUT2D eigenvalue weighted by Crippen LogP contribution is -1.92. The van der Waals surface area contributed by atoms with Gasteiger partial charge in [-0.15, -0.1) is 0 Å². The van der Waals surface area contributed by atoms with E-state index in [-0.39, 0.29) is 0 Å². The second kappa shape index (κ2) is 3.14. The van der Waals surface area contributed by atoms with E-state index in [1.165, 1.54) is 5.30 Å². The Morgan fingerprint density at radius 1 is 1.67 bits per heavy atom. The zero-order valence-electron chi connectivity index (χ0n) is 5.06. The highest BCUT2D eigenvalue weighted by Gasteiger charge is 1.88. The number of halogens is 1. The maximum absolute atomic E-state index is 5.62. The van der Waals surface area contributed by atoms with E-state index in [1.54, 1.807) is 6.20 Å². The van der Waals surface area contributed by atoms with Crippen LogP contribution < -0.4 is 5.30 Å². The first-order chi connectivity index (χ1) is 4.33. The third-order valence-corrected chi connectivity index (χ3v) is 2.11. The summed E-state index contributed by atoms with van der Waals surface area (Å²) in [6.45, 7) is 2.12. The smallest absolute Gasteiger partial charge is 0.129 e. The second-order valence-electron chi connectivity index (χ2n) is 1.62. The Morgan fingerprint density at radius 2 is 2.44 bits per heavy atom. The highest BCUT2D eigenvalue weighted by molar-refractivity contribution is 7.46. The standard InChI is InChI=1S/C6H7ClNP/c1-9-5-2-3-8-6(7)4-5/h2-4,9H,1H3. The van der Waals surface area contributed by atoms with Gasteiger partial charge in [-0.05, 0) is 24.1 Å². The molecule has 1 unspecified atom stereocenters. The van der Waals surface area contributed by atoms with Crippen molar-refractivity contribution in [3.05, 3.63) is 23.5 Å². The Bertz CT molecular complexity index is 202. The van der Waals surface area contributed by atoms with Crippen molar-refractivity contribution < 1.29 is 0 Å². The molecular weight excluding hydrogens is 152 g/mol. The molecule has 48 valence electrons. The zero-order chi connectivity index (χ0) is 6.69. The van der Waals surface area contributed by atoms with Gasteiger partial charge in [-0.3, -0.25) is 0 Å². The molecule has 0 aliphatic heterocycles. The lowest BCUT2D eigenvalue weighted by molar-refractivity contribution is 1.34. The quantitative estimate of drug-likeness (QED) is 0.449. The summed E-state index contributed by atoms with van der Waals surface area (Å²) in [6.07, 6.45) is 1.73. The number of pyridine rings is 1. The Balaban J connectivity index is 2.94. The molecule has 0 radical (unpaired) electrons. The molecular formula is C6H7ClNP. The van der Waals surface area contributed by atoms with Gasteiger partial charge in [0.2, 0.25) is 0 Å². The van der Waals surface area contributed by atoms with Crippen molar-refractivity contribution in [2.45, 2.75) is 0 Å². The Kier molecular flexibility index (Phi) is 2.44. The molecule has 0 aromatic carbocycles. The van der Waals surface area contributed by atoms with Gasteiger partial charge in [0.1, 0.15) is 5.15 Å². The molecule has 1 heterocycles. The van der Waals surface area contributed by atoms with Crippen molar-refractivity contribution in [1.82, 2.24) is 4.98 Å². The summed E-state index contributed by atoms with van der Waals surface area (Å²) in [6, 6.07) is 3.87. The highest BCUT2D eigenvalue weighted by Crippen LogP contribution is 2.06. The van der Waals surface area contributed by atoms with Crippen LogP contribution in [0.2, 0.25) is 5.15 Å². The maximum Gasteiger partial charge on any atom is 0.129 e. The first kappa shape index (κ1) is 6.98. The van der Waals surface area contributed by atoms with E-state index >= 15 is 0 Å². The molecule has 0 aliphatic rings. The van der Waals surface area contributed by atoms with E-state index in [9.17, 15) is 0 Å². The molecule has 1 rings (SSSR count). The molecule has 0 N–H and O–H groups in total. The lowest BCUT2D eigenvalue weighted by Gasteiger charge is -1.93. The summed E-state index contributed by atoms with van der Waals surface area (Å²) in [4.78, 5) is 3.86. The van der Waals surface area contributed by atoms with Crippen LogP contribution in [0.5, 0.6) is 0 Å². The molecule has 3 heteroatoms. The fourth-order valence-corrected chi connectivity index (χ4v) is 1.35. The van der Waals surface area contributed by atoms with E-state index in [2.05, 4.69) is 11.6 Å². The van der Waals surface area contributed by atoms with Crippen molar-refractivity contribution in [2.75, 3.05) is 6.66 Å². The third kappa shape index (κ3) is 1.92. The normalized spacial score (nSPS) is 10.9. The molecule has 1 aromatic heterocycles. The summed E-state index contributed by atoms with van der Waals surface area (Å²) in [5.41, 5.74) is 0. The fraction of sp³-hybridized carbons (Fsp3) is 0.167. The molecule has 1 aromatic rings. The van der Waals surface area contributed by atoms with Crippen LogP contribution in [0.25, 0.3) is 0 Å². The van der Waals surface area contributed by atoms with E-state index in [0.717, 1.165) is 8.58 Å². The molecule has 0 bridgehead atoms. The summed E-state index contributed by atoms with van der Waals surface area (Å²) < 4.78 is 0. The molecule has 1 atom stereocenters. The minimum absolute atomic E-state index is 0.585. The van der Waals surface area contributed by atoms with Gasteiger partial charge in [0, 0.05) is 6.20 Å². The SMILES string of the molecule is CPc1ccnc(Cl)c1. The summed E-state index contributed by atoms with van der Waals surface area (Å²) in [7, 11) is 0.802. The van der Waals surface area contributed by atoms with E-state index in [4.69, 9.17) is 11.6 Å². The largest absolute Gasteiger partial charge is 0.245 e. The molecule has 0 saturated heterocycles. The highest BCUT2D eigenvalue weighted by atomic mass is 35.5. The van der Waals surface area contributed by atoms with Crippen molar-refractivity contribution >= 4 is 25.5 Å². The van der Waals surface area contributed by atoms with E-state index in [0.29, 0.717) is 5.15 Å². The van der Waals surface area contributed by atoms with E-state index < -0.39 is 0 Å². The van der Waals surface area contributed by atoms with Crippen LogP contribution in [0.1, 0.15) is 0 Å². The minimum Gasteiger partial charge on any atom is -0.245 e. The van der Waals surface area contributed by atoms with Crippen LogP contribution in [0.4, 0.5) is 0 Å². The monoisotopic (exact) mass is 159 g/mol. The van der Waals surface area contributed by atoms with Gasteiger partial charge in [-0.1, -0.05) is 20.2 Å². The van der Waals surface area contributed by atoms with E-state index in [1.807, 2.05) is 12.1 Å². The van der Waals surface area contributed by atoms with Gasteiger partial charge >= 0.3 is 0 Å². The topological polar surface area (TPSA) is 12.9 Å². The molecule has 0 spiro atoms. The van der Waals surface area contributed by atoms with Gasteiger partial charge in [-0.2, -0.15) is 0 Å². The number of hydrogen-bond donors (Lipinski definition) is 0. The lowest BCUT2D eigenvalue weighted by atomic mass is 10.5. The molecule has 0 fully saturated rings. The molecule has 1 nitrogen and oxygen atoms in total. The Morgan fingerprint density at radius 3 is 2.89 bits per heavy atom. The Hall–Kier alpha value is -0.130. The predicted octanol–water partition coefficient (Wildman–Crippen LogP) is 1.67. The van der Waals surface area contributed by atoms with Crippen molar-refractivity contribution in [3.8, 4) is 0 Å².